The van der Waals surface area contributed by atoms with E-state index in [-0.39, 0.29) is 6.10 Å². The van der Waals surface area contributed by atoms with E-state index >= 15 is 0 Å². The van der Waals surface area contributed by atoms with Crippen molar-refractivity contribution in [3.05, 3.63) is 22.7 Å². The van der Waals surface area contributed by atoms with Crippen LogP contribution in [0.2, 0.25) is 0 Å². The van der Waals surface area contributed by atoms with E-state index < -0.39 is 0 Å². The zero-order valence-electron chi connectivity index (χ0n) is 8.29. The average Bonchev–Trinajstić information content (AvgIpc) is 2.19. The molecule has 0 amide bonds. The van der Waals surface area contributed by atoms with E-state index in [1.807, 2.05) is 25.1 Å². The van der Waals surface area contributed by atoms with Gasteiger partial charge in [0.15, 0.2) is 0 Å². The van der Waals surface area contributed by atoms with E-state index in [1.165, 1.54) is 0 Å². The molecule has 0 bridgehead atoms. The van der Waals surface area contributed by atoms with Gasteiger partial charge in [0.2, 0.25) is 0 Å². The molecular formula is C10H14BrNOS. The number of benzene rings is 1. The number of hydrogen-bond acceptors (Lipinski definition) is 3. The Labute approximate surface area is 97.3 Å². The number of ether oxygens (including phenoxy) is 1. The molecule has 1 rings (SSSR count). The smallest absolute Gasteiger partial charge is 0.0637 e. The average molecular weight is 276 g/mol. The molecule has 2 nitrogen and oxygen atoms in total. The van der Waals surface area contributed by atoms with Gasteiger partial charge >= 0.3 is 0 Å². The summed E-state index contributed by atoms with van der Waals surface area (Å²) >= 11 is 5.13. The topological polar surface area (TPSA) is 35.2 Å². The van der Waals surface area contributed by atoms with Crippen LogP contribution in [0.4, 0.5) is 5.69 Å². The Kier molecular flexibility index (Phi) is 4.78. The van der Waals surface area contributed by atoms with Crippen molar-refractivity contribution in [2.24, 2.45) is 0 Å². The first-order chi connectivity index (χ1) is 6.63. The van der Waals surface area contributed by atoms with Gasteiger partial charge in [0.25, 0.3) is 0 Å². The molecule has 2 N–H and O–H groups in total. The number of anilines is 1. The number of nitrogens with two attached hydrogens (primary N) is 1. The summed E-state index contributed by atoms with van der Waals surface area (Å²) in [5.74, 6) is 0.914. The van der Waals surface area contributed by atoms with Crippen molar-refractivity contribution in [1.82, 2.24) is 0 Å². The Hall–Kier alpha value is -0.190. The molecule has 0 radical (unpaired) electrons. The van der Waals surface area contributed by atoms with Crippen molar-refractivity contribution in [2.45, 2.75) is 17.9 Å². The number of nitrogen functional groups attached to an aromatic ring is 1. The van der Waals surface area contributed by atoms with Crippen LogP contribution in [0.15, 0.2) is 27.6 Å². The van der Waals surface area contributed by atoms with Crippen molar-refractivity contribution in [1.29, 1.82) is 0 Å². The summed E-state index contributed by atoms with van der Waals surface area (Å²) in [6, 6.07) is 5.88. The Bertz CT molecular complexity index is 306. The number of halogens is 1. The standard InChI is InChI=1S/C10H14BrNOS/c1-7(13-2)6-14-10-5-8(11)3-4-9(10)12/h3-5,7H,6,12H2,1-2H3. The maximum absolute atomic E-state index is 5.83. The van der Waals surface area contributed by atoms with Crippen LogP contribution >= 0.6 is 27.7 Å². The van der Waals surface area contributed by atoms with E-state index in [0.717, 1.165) is 20.8 Å². The number of hydrogen-bond donors (Lipinski definition) is 1. The van der Waals surface area contributed by atoms with Gasteiger partial charge in [0.05, 0.1) is 6.10 Å². The molecule has 1 unspecified atom stereocenters. The van der Waals surface area contributed by atoms with E-state index in [9.17, 15) is 0 Å². The number of rotatable bonds is 4. The van der Waals surface area contributed by atoms with Gasteiger partial charge in [-0.25, -0.2) is 0 Å². The van der Waals surface area contributed by atoms with Crippen LogP contribution in [0.1, 0.15) is 6.92 Å². The van der Waals surface area contributed by atoms with Gasteiger partial charge in [-0.2, -0.15) is 0 Å². The van der Waals surface area contributed by atoms with Crippen molar-refractivity contribution in [3.8, 4) is 0 Å². The van der Waals surface area contributed by atoms with Gasteiger partial charge in [-0.05, 0) is 25.1 Å². The van der Waals surface area contributed by atoms with Crippen LogP contribution in [0.5, 0.6) is 0 Å². The molecule has 0 spiro atoms. The number of thioether (sulfide) groups is 1. The van der Waals surface area contributed by atoms with Crippen LogP contribution in [0.25, 0.3) is 0 Å². The normalized spacial score (nSPS) is 12.8. The van der Waals surface area contributed by atoms with Crippen LogP contribution in [0, 0.1) is 0 Å². The van der Waals surface area contributed by atoms with E-state index in [2.05, 4.69) is 15.9 Å². The summed E-state index contributed by atoms with van der Waals surface area (Å²) in [6.45, 7) is 2.04. The molecule has 0 saturated carbocycles. The van der Waals surface area contributed by atoms with Crippen LogP contribution < -0.4 is 5.73 Å². The van der Waals surface area contributed by atoms with Crippen molar-refractivity contribution in [2.75, 3.05) is 18.6 Å². The van der Waals surface area contributed by atoms with Crippen molar-refractivity contribution >= 4 is 33.4 Å². The molecular weight excluding hydrogens is 262 g/mol. The zero-order valence-corrected chi connectivity index (χ0v) is 10.7. The Morgan fingerprint density at radius 2 is 2.29 bits per heavy atom. The third kappa shape index (κ3) is 3.52. The summed E-state index contributed by atoms with van der Waals surface area (Å²) < 4.78 is 6.22. The predicted molar refractivity (Wildman–Crippen MR) is 65.7 cm³/mol. The third-order valence-electron chi connectivity index (χ3n) is 1.85. The largest absolute Gasteiger partial charge is 0.398 e. The van der Waals surface area contributed by atoms with Crippen molar-refractivity contribution < 1.29 is 4.74 Å². The lowest BCUT2D eigenvalue weighted by Gasteiger charge is -2.10. The Balaban J connectivity index is 2.62. The third-order valence-corrected chi connectivity index (χ3v) is 3.65. The highest BCUT2D eigenvalue weighted by Gasteiger charge is 2.04. The summed E-state index contributed by atoms with van der Waals surface area (Å²) in [4.78, 5) is 1.10. The molecule has 0 fully saturated rings. The molecule has 1 atom stereocenters. The van der Waals surface area contributed by atoms with E-state index in [0.29, 0.717) is 0 Å². The maximum atomic E-state index is 5.83. The molecule has 0 aliphatic heterocycles. The second-order valence-electron chi connectivity index (χ2n) is 3.04. The monoisotopic (exact) mass is 275 g/mol. The molecule has 14 heavy (non-hydrogen) atoms. The Morgan fingerprint density at radius 1 is 1.57 bits per heavy atom. The minimum Gasteiger partial charge on any atom is -0.398 e. The first kappa shape index (κ1) is 11.9. The fourth-order valence-corrected chi connectivity index (χ4v) is 2.42. The SMILES string of the molecule is COC(C)CSc1cc(Br)ccc1N. The molecule has 4 heteroatoms. The van der Waals surface area contributed by atoms with Gasteiger partial charge in [-0.1, -0.05) is 15.9 Å². The molecule has 1 aromatic carbocycles. The van der Waals surface area contributed by atoms with Crippen LogP contribution in [-0.2, 0) is 4.74 Å². The van der Waals surface area contributed by atoms with Gasteiger partial charge in [-0.15, -0.1) is 11.8 Å². The van der Waals surface area contributed by atoms with Gasteiger partial charge in [-0.3, -0.25) is 0 Å². The summed E-state index contributed by atoms with van der Waals surface area (Å²) in [5, 5.41) is 0. The molecule has 0 aliphatic carbocycles. The second kappa shape index (κ2) is 5.63. The predicted octanol–water partition coefficient (Wildman–Crippen LogP) is 3.16. The molecule has 0 aliphatic rings. The van der Waals surface area contributed by atoms with Crippen molar-refractivity contribution in [3.63, 3.8) is 0 Å². The first-order valence-electron chi connectivity index (χ1n) is 4.34. The van der Waals surface area contributed by atoms with Crippen LogP contribution in [0.3, 0.4) is 0 Å². The summed E-state index contributed by atoms with van der Waals surface area (Å²) in [5.41, 5.74) is 6.66. The Morgan fingerprint density at radius 3 is 2.93 bits per heavy atom. The lowest BCUT2D eigenvalue weighted by Crippen LogP contribution is -2.07. The molecule has 78 valence electrons. The molecule has 0 heterocycles. The maximum Gasteiger partial charge on any atom is 0.0637 e. The fraction of sp³-hybridized carbons (Fsp3) is 0.400. The highest BCUT2D eigenvalue weighted by atomic mass is 79.9. The lowest BCUT2D eigenvalue weighted by atomic mass is 10.3. The summed E-state index contributed by atoms with van der Waals surface area (Å²) in [7, 11) is 1.72. The fourth-order valence-electron chi connectivity index (χ4n) is 0.908. The lowest BCUT2D eigenvalue weighted by molar-refractivity contribution is 0.138. The first-order valence-corrected chi connectivity index (χ1v) is 6.12. The zero-order chi connectivity index (χ0) is 10.6. The minimum atomic E-state index is 0.249. The second-order valence-corrected chi connectivity index (χ2v) is 5.02. The van der Waals surface area contributed by atoms with Gasteiger partial charge in [0.1, 0.15) is 0 Å². The highest BCUT2D eigenvalue weighted by molar-refractivity contribution is 9.10. The minimum absolute atomic E-state index is 0.249. The molecule has 0 saturated heterocycles. The molecule has 0 aromatic heterocycles. The van der Waals surface area contributed by atoms with Crippen LogP contribution in [-0.4, -0.2) is 19.0 Å². The quantitative estimate of drug-likeness (QED) is 0.677. The van der Waals surface area contributed by atoms with E-state index in [4.69, 9.17) is 10.5 Å². The van der Waals surface area contributed by atoms with Gasteiger partial charge in [0, 0.05) is 27.9 Å². The highest BCUT2D eigenvalue weighted by Crippen LogP contribution is 2.28. The van der Waals surface area contributed by atoms with E-state index in [1.54, 1.807) is 18.9 Å². The molecule has 1 aromatic rings. The van der Waals surface area contributed by atoms with Gasteiger partial charge < -0.3 is 10.5 Å². The number of methoxy groups -OCH3 is 1. The summed E-state index contributed by atoms with van der Waals surface area (Å²) in [6.07, 6.45) is 0.249.